The number of nitrogens with zero attached hydrogens (tertiary/aromatic N) is 1. The lowest BCUT2D eigenvalue weighted by Gasteiger charge is -2.35. The highest BCUT2D eigenvalue weighted by Crippen LogP contribution is 2.40. The molecule has 158 valence electrons. The zero-order valence-corrected chi connectivity index (χ0v) is 20.3. The number of fused-ring (bicyclic) bond motifs is 1. The molecule has 30 heavy (non-hydrogen) atoms. The van der Waals surface area contributed by atoms with Crippen LogP contribution in [0.25, 0.3) is 10.8 Å². The van der Waals surface area contributed by atoms with E-state index >= 15 is 0 Å². The summed E-state index contributed by atoms with van der Waals surface area (Å²) in [6, 6.07) is 16.3. The molecule has 0 saturated carbocycles. The van der Waals surface area contributed by atoms with E-state index in [4.69, 9.17) is 0 Å². The number of halogens is 2. The number of hydrogen-bond acceptors (Lipinski definition) is 5. The minimum Gasteiger partial charge on any atom is -0.506 e. The standard InChI is InChI=1S/C23H25Br2N3O2/c1-4-23(3,28-26-13-17-12-19(24)22(30)20(25)21(17)29)14(2)27-18-10-9-15-7-5-6-8-16(15)11-18/h5-14,27-30H,4H2,1-3H3/b26-13+/t14?,23-/m0/s1. The van der Waals surface area contributed by atoms with Crippen LogP contribution in [0.3, 0.4) is 0 Å². The molecule has 4 N–H and O–H groups in total. The van der Waals surface area contributed by atoms with Crippen molar-refractivity contribution >= 4 is 54.5 Å². The third-order valence-corrected chi connectivity index (χ3v) is 6.90. The van der Waals surface area contributed by atoms with Gasteiger partial charge in [-0.2, -0.15) is 5.10 Å². The SMILES string of the molecule is CC[C@](C)(N/N=C/c1cc(Br)c(O)c(Br)c1O)C(C)Nc1ccc2ccccc2c1. The van der Waals surface area contributed by atoms with Crippen LogP contribution in [0, 0.1) is 0 Å². The lowest BCUT2D eigenvalue weighted by atomic mass is 9.91. The number of benzene rings is 3. The highest BCUT2D eigenvalue weighted by molar-refractivity contribution is 9.11. The van der Waals surface area contributed by atoms with Crippen molar-refractivity contribution in [3.05, 3.63) is 63.0 Å². The van der Waals surface area contributed by atoms with Crippen LogP contribution >= 0.6 is 31.9 Å². The molecule has 2 atom stereocenters. The van der Waals surface area contributed by atoms with Crippen LogP contribution in [-0.2, 0) is 0 Å². The van der Waals surface area contributed by atoms with Crippen LogP contribution < -0.4 is 10.7 Å². The summed E-state index contributed by atoms with van der Waals surface area (Å²) in [5, 5.41) is 30.4. The van der Waals surface area contributed by atoms with E-state index in [-0.39, 0.29) is 27.6 Å². The predicted molar refractivity (Wildman–Crippen MR) is 132 cm³/mol. The second-order valence-electron chi connectivity index (χ2n) is 7.53. The first kappa shape index (κ1) is 22.4. The van der Waals surface area contributed by atoms with Crippen molar-refractivity contribution in [3.8, 4) is 11.5 Å². The number of phenols is 2. The summed E-state index contributed by atoms with van der Waals surface area (Å²) in [6.07, 6.45) is 2.38. The monoisotopic (exact) mass is 533 g/mol. The molecular formula is C23H25Br2N3O2. The Morgan fingerprint density at radius 2 is 1.77 bits per heavy atom. The number of aromatic hydroxyl groups is 2. The van der Waals surface area contributed by atoms with Gasteiger partial charge in [-0.3, -0.25) is 0 Å². The molecule has 0 aliphatic heterocycles. The van der Waals surface area contributed by atoms with Crippen molar-refractivity contribution in [2.75, 3.05) is 5.32 Å². The van der Waals surface area contributed by atoms with Gasteiger partial charge in [0.05, 0.1) is 16.2 Å². The molecule has 0 heterocycles. The van der Waals surface area contributed by atoms with E-state index in [2.05, 4.69) is 98.8 Å². The fraction of sp³-hybridized carbons (Fsp3) is 0.261. The number of phenolic OH excluding ortho intramolecular Hbond substituents is 2. The molecule has 0 amide bonds. The van der Waals surface area contributed by atoms with E-state index in [1.54, 1.807) is 12.3 Å². The van der Waals surface area contributed by atoms with Gasteiger partial charge >= 0.3 is 0 Å². The Hall–Kier alpha value is -2.25. The van der Waals surface area contributed by atoms with Crippen LogP contribution in [0.4, 0.5) is 5.69 Å². The van der Waals surface area contributed by atoms with Crippen molar-refractivity contribution in [1.29, 1.82) is 0 Å². The van der Waals surface area contributed by atoms with Crippen LogP contribution in [0.15, 0.2) is 62.6 Å². The predicted octanol–water partition coefficient (Wildman–Crippen LogP) is 6.37. The number of anilines is 1. The normalized spacial score (nSPS) is 14.6. The maximum atomic E-state index is 10.2. The fourth-order valence-electron chi connectivity index (χ4n) is 3.14. The van der Waals surface area contributed by atoms with Gasteiger partial charge in [-0.05, 0) is 81.1 Å². The average Bonchev–Trinajstić information content (AvgIpc) is 2.75. The van der Waals surface area contributed by atoms with E-state index in [0.29, 0.717) is 10.0 Å². The molecular weight excluding hydrogens is 510 g/mol. The Morgan fingerprint density at radius 3 is 2.47 bits per heavy atom. The summed E-state index contributed by atoms with van der Waals surface area (Å²) < 4.78 is 0.695. The van der Waals surface area contributed by atoms with E-state index < -0.39 is 0 Å². The van der Waals surface area contributed by atoms with Crippen molar-refractivity contribution in [1.82, 2.24) is 5.43 Å². The van der Waals surface area contributed by atoms with Crippen LogP contribution in [0.1, 0.15) is 32.8 Å². The largest absolute Gasteiger partial charge is 0.506 e. The number of hydrogen-bond donors (Lipinski definition) is 4. The summed E-state index contributed by atoms with van der Waals surface area (Å²) in [4.78, 5) is 0. The van der Waals surface area contributed by atoms with Crippen molar-refractivity contribution < 1.29 is 10.2 Å². The smallest absolute Gasteiger partial charge is 0.147 e. The Morgan fingerprint density at radius 1 is 1.07 bits per heavy atom. The minimum atomic E-state index is -0.330. The molecule has 0 saturated heterocycles. The topological polar surface area (TPSA) is 76.9 Å². The Bertz CT molecular complexity index is 1090. The second-order valence-corrected chi connectivity index (χ2v) is 9.18. The number of rotatable bonds is 7. The Balaban J connectivity index is 1.75. The highest BCUT2D eigenvalue weighted by Gasteiger charge is 2.29. The lowest BCUT2D eigenvalue weighted by Crippen LogP contribution is -2.51. The third kappa shape index (κ3) is 4.73. The molecule has 0 aliphatic rings. The fourth-order valence-corrected chi connectivity index (χ4v) is 4.29. The molecule has 0 fully saturated rings. The average molecular weight is 535 g/mol. The van der Waals surface area contributed by atoms with Gasteiger partial charge < -0.3 is 21.0 Å². The van der Waals surface area contributed by atoms with E-state index in [1.165, 1.54) is 10.8 Å². The quantitative estimate of drug-likeness (QED) is 0.210. The Kier molecular flexibility index (Phi) is 6.93. The molecule has 0 radical (unpaired) electrons. The molecule has 0 aromatic heterocycles. The summed E-state index contributed by atoms with van der Waals surface area (Å²) in [5.41, 5.74) is 4.44. The van der Waals surface area contributed by atoms with Gasteiger partial charge in [0, 0.05) is 17.3 Å². The number of nitrogens with one attached hydrogen (secondary N) is 2. The zero-order valence-electron chi connectivity index (χ0n) is 17.1. The van der Waals surface area contributed by atoms with Gasteiger partial charge in [0.25, 0.3) is 0 Å². The van der Waals surface area contributed by atoms with Gasteiger partial charge in [0.15, 0.2) is 0 Å². The zero-order chi connectivity index (χ0) is 21.9. The maximum absolute atomic E-state index is 10.2. The van der Waals surface area contributed by atoms with E-state index in [9.17, 15) is 10.2 Å². The van der Waals surface area contributed by atoms with Crippen molar-refractivity contribution in [2.24, 2.45) is 5.10 Å². The molecule has 5 nitrogen and oxygen atoms in total. The first-order valence-electron chi connectivity index (χ1n) is 9.70. The van der Waals surface area contributed by atoms with Gasteiger partial charge in [-0.15, -0.1) is 0 Å². The summed E-state index contributed by atoms with van der Waals surface area (Å²) in [5.74, 6) is -0.119. The first-order valence-corrected chi connectivity index (χ1v) is 11.3. The molecule has 3 aromatic rings. The van der Waals surface area contributed by atoms with Crippen molar-refractivity contribution in [3.63, 3.8) is 0 Å². The molecule has 7 heteroatoms. The molecule has 0 aliphatic carbocycles. The Labute approximate surface area is 193 Å². The molecule has 0 bridgehead atoms. The van der Waals surface area contributed by atoms with Gasteiger partial charge in [-0.25, -0.2) is 0 Å². The lowest BCUT2D eigenvalue weighted by molar-refractivity contribution is 0.314. The van der Waals surface area contributed by atoms with Crippen LogP contribution in [-0.4, -0.2) is 28.0 Å². The third-order valence-electron chi connectivity index (χ3n) is 5.54. The highest BCUT2D eigenvalue weighted by atomic mass is 79.9. The van der Waals surface area contributed by atoms with Gasteiger partial charge in [-0.1, -0.05) is 37.3 Å². The van der Waals surface area contributed by atoms with Crippen LogP contribution in [0.5, 0.6) is 11.5 Å². The summed E-state index contributed by atoms with van der Waals surface area (Å²) in [7, 11) is 0. The maximum Gasteiger partial charge on any atom is 0.147 e. The molecule has 0 spiro atoms. The number of hydrazone groups is 1. The van der Waals surface area contributed by atoms with E-state index in [0.717, 1.165) is 12.1 Å². The van der Waals surface area contributed by atoms with Gasteiger partial charge in [0.1, 0.15) is 16.0 Å². The molecule has 3 rings (SSSR count). The van der Waals surface area contributed by atoms with Gasteiger partial charge in [0.2, 0.25) is 0 Å². The summed E-state index contributed by atoms with van der Waals surface area (Å²) in [6.45, 7) is 6.32. The summed E-state index contributed by atoms with van der Waals surface area (Å²) >= 11 is 6.45. The molecule has 1 unspecified atom stereocenters. The van der Waals surface area contributed by atoms with E-state index in [1.807, 2.05) is 12.1 Å². The van der Waals surface area contributed by atoms with Crippen molar-refractivity contribution in [2.45, 2.75) is 38.8 Å². The molecule has 3 aromatic carbocycles. The minimum absolute atomic E-state index is 0.0517. The van der Waals surface area contributed by atoms with Crippen LogP contribution in [0.2, 0.25) is 0 Å². The first-order chi connectivity index (χ1) is 14.2. The second kappa shape index (κ2) is 9.27.